The van der Waals surface area contributed by atoms with E-state index in [2.05, 4.69) is 10.1 Å². The third-order valence-electron chi connectivity index (χ3n) is 4.68. The topological polar surface area (TPSA) is 90.9 Å². The fourth-order valence-corrected chi connectivity index (χ4v) is 3.33. The molecule has 1 aliphatic carbocycles. The van der Waals surface area contributed by atoms with Gasteiger partial charge in [-0.25, -0.2) is 4.79 Å². The van der Waals surface area contributed by atoms with Gasteiger partial charge in [0.05, 0.1) is 14.2 Å². The lowest BCUT2D eigenvalue weighted by Crippen LogP contribution is -2.52. The van der Waals surface area contributed by atoms with Crippen LogP contribution in [0.4, 0.5) is 0 Å². The molecule has 1 amide bonds. The summed E-state index contributed by atoms with van der Waals surface area (Å²) < 4.78 is 14.4. The van der Waals surface area contributed by atoms with E-state index < -0.39 is 33.8 Å². The van der Waals surface area contributed by atoms with Crippen molar-refractivity contribution in [2.45, 2.75) is 55.0 Å². The lowest BCUT2D eigenvalue weighted by atomic mass is 10.1. The monoisotopic (exact) mass is 445 g/mol. The highest BCUT2D eigenvalue weighted by molar-refractivity contribution is 6.51. The molecule has 1 aromatic carbocycles. The van der Waals surface area contributed by atoms with Crippen LogP contribution in [0.2, 0.25) is 0 Å². The molecular formula is C20H25Cl2NO6. The molecule has 1 unspecified atom stereocenters. The van der Waals surface area contributed by atoms with Gasteiger partial charge in [0.2, 0.25) is 0 Å². The molecule has 2 atom stereocenters. The summed E-state index contributed by atoms with van der Waals surface area (Å²) in [6.45, 7) is 3.16. The molecule has 7 nitrogen and oxygen atoms in total. The Hall–Kier alpha value is -1.99. The summed E-state index contributed by atoms with van der Waals surface area (Å²) in [5.74, 6) is -1.10. The molecule has 0 aliphatic heterocycles. The molecule has 29 heavy (non-hydrogen) atoms. The van der Waals surface area contributed by atoms with Gasteiger partial charge in [0.15, 0.2) is 5.60 Å². The summed E-state index contributed by atoms with van der Waals surface area (Å²) >= 11 is 12.2. The first-order chi connectivity index (χ1) is 13.5. The Morgan fingerprint density at radius 2 is 1.76 bits per heavy atom. The Kier molecular flexibility index (Phi) is 7.40. The van der Waals surface area contributed by atoms with Gasteiger partial charge in [0.25, 0.3) is 5.91 Å². The molecule has 1 fully saturated rings. The maximum Gasteiger partial charge on any atom is 0.328 e. The van der Waals surface area contributed by atoms with E-state index in [1.54, 1.807) is 26.0 Å². The summed E-state index contributed by atoms with van der Waals surface area (Å²) in [5.41, 5.74) is -0.278. The molecule has 1 saturated carbocycles. The lowest BCUT2D eigenvalue weighted by molar-refractivity contribution is -0.148. The molecule has 0 heterocycles. The molecule has 0 spiro atoms. The molecule has 2 rings (SSSR count). The van der Waals surface area contributed by atoms with Gasteiger partial charge in [-0.2, -0.15) is 0 Å². The number of esters is 2. The van der Waals surface area contributed by atoms with E-state index in [-0.39, 0.29) is 18.8 Å². The summed E-state index contributed by atoms with van der Waals surface area (Å²) in [4.78, 5) is 36.0. The quantitative estimate of drug-likeness (QED) is 0.463. The normalized spacial score (nSPS) is 18.3. The molecule has 0 saturated heterocycles. The lowest BCUT2D eigenvalue weighted by Gasteiger charge is -2.27. The number of hydrogen-bond acceptors (Lipinski definition) is 6. The number of amides is 1. The zero-order valence-corrected chi connectivity index (χ0v) is 18.3. The summed E-state index contributed by atoms with van der Waals surface area (Å²) in [7, 11) is 2.46. The number of halogens is 2. The highest BCUT2D eigenvalue weighted by atomic mass is 35.5. The molecule has 0 aromatic heterocycles. The predicted molar refractivity (Wildman–Crippen MR) is 108 cm³/mol. The Bertz CT molecular complexity index is 763. The van der Waals surface area contributed by atoms with Crippen molar-refractivity contribution in [2.24, 2.45) is 0 Å². The first kappa shape index (κ1) is 23.3. The second-order valence-electron chi connectivity index (χ2n) is 7.36. The van der Waals surface area contributed by atoms with Crippen LogP contribution in [-0.4, -0.2) is 48.0 Å². The van der Waals surface area contributed by atoms with Crippen molar-refractivity contribution < 1.29 is 28.6 Å². The van der Waals surface area contributed by atoms with Crippen LogP contribution in [0, 0.1) is 0 Å². The Labute approximate surface area is 180 Å². The van der Waals surface area contributed by atoms with E-state index in [0.29, 0.717) is 12.2 Å². The Morgan fingerprint density at radius 1 is 1.17 bits per heavy atom. The van der Waals surface area contributed by atoms with Crippen LogP contribution in [0.3, 0.4) is 0 Å². The van der Waals surface area contributed by atoms with Crippen molar-refractivity contribution in [1.29, 1.82) is 0 Å². The SMILES string of the molecule is COC(=O)CC[C@H](NC(=O)C(C)(C)Oc1ccc(C2CC2(Cl)Cl)cc1)C(=O)OC. The molecular weight excluding hydrogens is 421 g/mol. The van der Waals surface area contributed by atoms with Gasteiger partial charge < -0.3 is 19.5 Å². The largest absolute Gasteiger partial charge is 0.478 e. The zero-order valence-electron chi connectivity index (χ0n) is 16.8. The fourth-order valence-electron chi connectivity index (χ4n) is 2.77. The number of benzene rings is 1. The number of rotatable bonds is 9. The first-order valence-electron chi connectivity index (χ1n) is 9.12. The average molecular weight is 446 g/mol. The maximum atomic E-state index is 12.7. The molecule has 0 bridgehead atoms. The van der Waals surface area contributed by atoms with Crippen molar-refractivity contribution in [2.75, 3.05) is 14.2 Å². The molecule has 1 aromatic rings. The van der Waals surface area contributed by atoms with Gasteiger partial charge in [0.1, 0.15) is 16.1 Å². The van der Waals surface area contributed by atoms with Crippen LogP contribution in [-0.2, 0) is 23.9 Å². The minimum atomic E-state index is -1.28. The van der Waals surface area contributed by atoms with Crippen molar-refractivity contribution in [3.8, 4) is 5.75 Å². The average Bonchev–Trinajstić information content (AvgIpc) is 3.32. The fraction of sp³-hybridized carbons (Fsp3) is 0.550. The Balaban J connectivity index is 1.99. The van der Waals surface area contributed by atoms with Gasteiger partial charge in [-0.05, 0) is 44.4 Å². The number of ether oxygens (including phenoxy) is 3. The number of carbonyl (C=O) groups excluding carboxylic acids is 3. The summed E-state index contributed by atoms with van der Waals surface area (Å²) in [6, 6.07) is 6.19. The second-order valence-corrected chi connectivity index (χ2v) is 8.91. The molecule has 1 N–H and O–H groups in total. The highest BCUT2D eigenvalue weighted by Gasteiger charge is 2.52. The summed E-state index contributed by atoms with van der Waals surface area (Å²) in [6.07, 6.45) is 0.712. The maximum absolute atomic E-state index is 12.7. The van der Waals surface area contributed by atoms with Crippen LogP contribution in [0.1, 0.15) is 44.6 Å². The van der Waals surface area contributed by atoms with Gasteiger partial charge in [-0.1, -0.05) is 12.1 Å². The molecule has 160 valence electrons. The summed E-state index contributed by atoms with van der Waals surface area (Å²) in [5, 5.41) is 2.58. The van der Waals surface area contributed by atoms with Crippen LogP contribution in [0.5, 0.6) is 5.75 Å². The van der Waals surface area contributed by atoms with Gasteiger partial charge in [-0.3, -0.25) is 9.59 Å². The standard InChI is InChI=1S/C20H25Cl2NO6/c1-19(2,18(26)23-15(17(25)28-4)9-10-16(24)27-3)29-13-7-5-12(6-8-13)14-11-20(14,21)22/h5-8,14-15H,9-11H2,1-4H3,(H,23,26)/t14?,15-/m0/s1. The van der Waals surface area contributed by atoms with E-state index >= 15 is 0 Å². The number of methoxy groups -OCH3 is 2. The van der Waals surface area contributed by atoms with Crippen molar-refractivity contribution >= 4 is 41.0 Å². The van der Waals surface area contributed by atoms with E-state index in [0.717, 1.165) is 5.56 Å². The van der Waals surface area contributed by atoms with Crippen LogP contribution < -0.4 is 10.1 Å². The van der Waals surface area contributed by atoms with Crippen molar-refractivity contribution in [1.82, 2.24) is 5.32 Å². The number of nitrogens with one attached hydrogen (secondary N) is 1. The van der Waals surface area contributed by atoms with E-state index in [4.69, 9.17) is 32.7 Å². The number of carbonyl (C=O) groups is 3. The smallest absolute Gasteiger partial charge is 0.328 e. The van der Waals surface area contributed by atoms with Gasteiger partial charge in [-0.15, -0.1) is 23.2 Å². The van der Waals surface area contributed by atoms with Crippen LogP contribution in [0.25, 0.3) is 0 Å². The first-order valence-corrected chi connectivity index (χ1v) is 9.88. The molecule has 0 radical (unpaired) electrons. The van der Waals surface area contributed by atoms with Gasteiger partial charge >= 0.3 is 11.9 Å². The third kappa shape index (κ3) is 6.24. The van der Waals surface area contributed by atoms with Crippen molar-refractivity contribution in [3.05, 3.63) is 29.8 Å². The molecule has 9 heteroatoms. The van der Waals surface area contributed by atoms with E-state index in [1.165, 1.54) is 14.2 Å². The highest BCUT2D eigenvalue weighted by Crippen LogP contribution is 2.59. The second kappa shape index (κ2) is 9.22. The van der Waals surface area contributed by atoms with Crippen LogP contribution >= 0.6 is 23.2 Å². The van der Waals surface area contributed by atoms with Crippen molar-refractivity contribution in [3.63, 3.8) is 0 Å². The Morgan fingerprint density at radius 3 is 2.24 bits per heavy atom. The number of alkyl halides is 2. The predicted octanol–water partition coefficient (Wildman–Crippen LogP) is 3.12. The van der Waals surface area contributed by atoms with E-state index in [1.807, 2.05) is 12.1 Å². The minimum absolute atomic E-state index is 0.0386. The third-order valence-corrected chi connectivity index (χ3v) is 5.52. The van der Waals surface area contributed by atoms with Gasteiger partial charge in [0, 0.05) is 12.3 Å². The number of hydrogen-bond donors (Lipinski definition) is 1. The van der Waals surface area contributed by atoms with Crippen LogP contribution in [0.15, 0.2) is 24.3 Å². The molecule has 1 aliphatic rings. The minimum Gasteiger partial charge on any atom is -0.478 e. The zero-order chi connectivity index (χ0) is 21.8. The van der Waals surface area contributed by atoms with E-state index in [9.17, 15) is 14.4 Å².